The normalized spacial score (nSPS) is 11.9. The summed E-state index contributed by atoms with van der Waals surface area (Å²) >= 11 is 0. The van der Waals surface area contributed by atoms with Crippen molar-refractivity contribution in [2.75, 3.05) is 27.2 Å². The van der Waals surface area contributed by atoms with Gasteiger partial charge < -0.3 is 5.32 Å². The molecule has 1 rings (SSSR count). The molecule has 0 radical (unpaired) electrons. The van der Waals surface area contributed by atoms with Crippen LogP contribution in [0.2, 0.25) is 0 Å². The fraction of sp³-hybridized carbons (Fsp3) is 0.500. The maximum Gasteiger partial charge on any atom is 0.218 e. The molecule has 0 aliphatic rings. The molecule has 1 aromatic rings. The van der Waals surface area contributed by atoms with E-state index in [2.05, 4.69) is 5.32 Å². The molecule has 0 bridgehead atoms. The molecule has 0 aliphatic heterocycles. The highest BCUT2D eigenvalue weighted by Crippen LogP contribution is 2.09. The van der Waals surface area contributed by atoms with Crippen molar-refractivity contribution in [3.63, 3.8) is 0 Å². The molecule has 1 N–H and O–H groups in total. The molecule has 0 unspecified atom stereocenters. The van der Waals surface area contributed by atoms with Crippen molar-refractivity contribution in [1.29, 1.82) is 0 Å². The molecule has 5 heteroatoms. The van der Waals surface area contributed by atoms with E-state index in [0.29, 0.717) is 6.54 Å². The number of nitrogens with one attached hydrogen (secondary N) is 1. The van der Waals surface area contributed by atoms with Gasteiger partial charge in [0, 0.05) is 13.6 Å². The third-order valence-corrected chi connectivity index (χ3v) is 4.40. The standard InChI is InChI=1S/C12H20N2O2S/c1-13-9-6-10-14(2)17(15,16)11-12-7-4-3-5-8-12/h3-5,7-8,13H,6,9-11H2,1-2H3. The number of nitrogens with zero attached hydrogens (tertiary/aromatic N) is 1. The molecule has 0 heterocycles. The van der Waals surface area contributed by atoms with Crippen LogP contribution in [-0.2, 0) is 15.8 Å². The van der Waals surface area contributed by atoms with Crippen LogP contribution in [0, 0.1) is 0 Å². The molecular weight excluding hydrogens is 236 g/mol. The summed E-state index contributed by atoms with van der Waals surface area (Å²) < 4.78 is 25.4. The Morgan fingerprint density at radius 2 is 1.88 bits per heavy atom. The summed E-state index contributed by atoms with van der Waals surface area (Å²) in [6.07, 6.45) is 0.820. The van der Waals surface area contributed by atoms with Gasteiger partial charge in [0.1, 0.15) is 0 Å². The minimum atomic E-state index is -3.19. The van der Waals surface area contributed by atoms with Gasteiger partial charge in [0.25, 0.3) is 0 Å². The Kier molecular flexibility index (Phi) is 5.61. The Labute approximate surface area is 104 Å². The van der Waals surface area contributed by atoms with Gasteiger partial charge in [0.15, 0.2) is 0 Å². The van der Waals surface area contributed by atoms with E-state index in [-0.39, 0.29) is 5.75 Å². The molecule has 4 nitrogen and oxygen atoms in total. The number of sulfonamides is 1. The molecule has 0 aromatic heterocycles. The minimum Gasteiger partial charge on any atom is -0.320 e. The van der Waals surface area contributed by atoms with Crippen LogP contribution in [0.4, 0.5) is 0 Å². The van der Waals surface area contributed by atoms with Crippen molar-refractivity contribution in [3.8, 4) is 0 Å². The van der Waals surface area contributed by atoms with E-state index in [9.17, 15) is 8.42 Å². The van der Waals surface area contributed by atoms with Crippen LogP contribution in [0.15, 0.2) is 30.3 Å². The highest BCUT2D eigenvalue weighted by molar-refractivity contribution is 7.88. The van der Waals surface area contributed by atoms with Crippen LogP contribution in [0.1, 0.15) is 12.0 Å². The molecule has 0 aliphatic carbocycles. The van der Waals surface area contributed by atoms with Crippen molar-refractivity contribution < 1.29 is 8.42 Å². The Morgan fingerprint density at radius 3 is 2.47 bits per heavy atom. The summed E-state index contributed by atoms with van der Waals surface area (Å²) in [6.45, 7) is 1.38. The molecular formula is C12H20N2O2S. The maximum absolute atomic E-state index is 12.0. The van der Waals surface area contributed by atoms with E-state index in [1.165, 1.54) is 4.31 Å². The van der Waals surface area contributed by atoms with E-state index in [1.807, 2.05) is 37.4 Å². The van der Waals surface area contributed by atoms with Gasteiger partial charge in [-0.25, -0.2) is 12.7 Å². The summed E-state index contributed by atoms with van der Waals surface area (Å²) in [5.41, 5.74) is 0.827. The van der Waals surface area contributed by atoms with E-state index in [1.54, 1.807) is 7.05 Å². The fourth-order valence-electron chi connectivity index (χ4n) is 1.51. The minimum absolute atomic E-state index is 0.0733. The summed E-state index contributed by atoms with van der Waals surface area (Å²) in [4.78, 5) is 0. The topological polar surface area (TPSA) is 49.4 Å². The van der Waals surface area contributed by atoms with Crippen LogP contribution in [-0.4, -0.2) is 39.9 Å². The van der Waals surface area contributed by atoms with Gasteiger partial charge in [-0.3, -0.25) is 0 Å². The second-order valence-corrected chi connectivity index (χ2v) is 6.10. The first-order valence-electron chi connectivity index (χ1n) is 5.69. The SMILES string of the molecule is CNCCCN(C)S(=O)(=O)Cc1ccccc1. The highest BCUT2D eigenvalue weighted by Gasteiger charge is 2.17. The largest absolute Gasteiger partial charge is 0.320 e. The monoisotopic (exact) mass is 256 g/mol. The lowest BCUT2D eigenvalue weighted by atomic mass is 10.2. The van der Waals surface area contributed by atoms with Crippen LogP contribution < -0.4 is 5.32 Å². The van der Waals surface area contributed by atoms with Gasteiger partial charge in [0.2, 0.25) is 10.0 Å². The molecule has 0 fully saturated rings. The number of benzene rings is 1. The first-order chi connectivity index (χ1) is 8.06. The number of hydrogen-bond donors (Lipinski definition) is 1. The van der Waals surface area contributed by atoms with Crippen LogP contribution in [0.3, 0.4) is 0 Å². The van der Waals surface area contributed by atoms with Gasteiger partial charge in [-0.15, -0.1) is 0 Å². The average Bonchev–Trinajstić information content (AvgIpc) is 2.30. The smallest absolute Gasteiger partial charge is 0.218 e. The van der Waals surface area contributed by atoms with Crippen molar-refractivity contribution in [2.45, 2.75) is 12.2 Å². The predicted octanol–water partition coefficient (Wildman–Crippen LogP) is 1.06. The second-order valence-electron chi connectivity index (χ2n) is 4.02. The Hall–Kier alpha value is -0.910. The molecule has 17 heavy (non-hydrogen) atoms. The lowest BCUT2D eigenvalue weighted by molar-refractivity contribution is 0.457. The lowest BCUT2D eigenvalue weighted by Crippen LogP contribution is -2.30. The van der Waals surface area contributed by atoms with Crippen molar-refractivity contribution in [1.82, 2.24) is 9.62 Å². The zero-order chi connectivity index (χ0) is 12.7. The van der Waals surface area contributed by atoms with Gasteiger partial charge in [-0.2, -0.15) is 0 Å². The third kappa shape index (κ3) is 4.85. The van der Waals surface area contributed by atoms with Crippen molar-refractivity contribution in [2.24, 2.45) is 0 Å². The summed E-state index contributed by atoms with van der Waals surface area (Å²) in [7, 11) is 0.304. The Morgan fingerprint density at radius 1 is 1.24 bits per heavy atom. The van der Waals surface area contributed by atoms with E-state index < -0.39 is 10.0 Å². The summed E-state index contributed by atoms with van der Waals surface area (Å²) in [6, 6.07) is 9.25. The molecule has 0 saturated heterocycles. The second kappa shape index (κ2) is 6.74. The van der Waals surface area contributed by atoms with Crippen molar-refractivity contribution >= 4 is 10.0 Å². The third-order valence-electron chi connectivity index (χ3n) is 2.57. The first-order valence-corrected chi connectivity index (χ1v) is 7.29. The highest BCUT2D eigenvalue weighted by atomic mass is 32.2. The molecule has 0 atom stereocenters. The van der Waals surface area contributed by atoms with E-state index >= 15 is 0 Å². The van der Waals surface area contributed by atoms with Gasteiger partial charge in [0.05, 0.1) is 5.75 Å². The lowest BCUT2D eigenvalue weighted by Gasteiger charge is -2.17. The number of rotatable bonds is 7. The summed E-state index contributed by atoms with van der Waals surface area (Å²) in [5, 5.41) is 3.00. The van der Waals surface area contributed by atoms with Gasteiger partial charge >= 0.3 is 0 Å². The zero-order valence-electron chi connectivity index (χ0n) is 10.4. The van der Waals surface area contributed by atoms with Gasteiger partial charge in [-0.05, 0) is 25.6 Å². The van der Waals surface area contributed by atoms with Crippen LogP contribution >= 0.6 is 0 Å². The molecule has 0 saturated carbocycles. The van der Waals surface area contributed by atoms with E-state index in [0.717, 1.165) is 18.5 Å². The predicted molar refractivity (Wildman–Crippen MR) is 70.2 cm³/mol. The molecule has 0 amide bonds. The first kappa shape index (κ1) is 14.2. The quantitative estimate of drug-likeness (QED) is 0.742. The van der Waals surface area contributed by atoms with Crippen LogP contribution in [0.5, 0.6) is 0 Å². The molecule has 96 valence electrons. The molecule has 0 spiro atoms. The number of hydrogen-bond acceptors (Lipinski definition) is 3. The fourth-order valence-corrected chi connectivity index (χ4v) is 2.75. The Balaban J connectivity index is 2.56. The maximum atomic E-state index is 12.0. The van der Waals surface area contributed by atoms with Gasteiger partial charge in [-0.1, -0.05) is 30.3 Å². The van der Waals surface area contributed by atoms with E-state index in [4.69, 9.17) is 0 Å². The average molecular weight is 256 g/mol. The van der Waals surface area contributed by atoms with Crippen molar-refractivity contribution in [3.05, 3.63) is 35.9 Å². The zero-order valence-corrected chi connectivity index (χ0v) is 11.2. The summed E-state index contributed by atoms with van der Waals surface area (Å²) in [5.74, 6) is 0.0733. The van der Waals surface area contributed by atoms with Crippen LogP contribution in [0.25, 0.3) is 0 Å². The Bertz CT molecular complexity index is 417. The molecule has 1 aromatic carbocycles.